The topological polar surface area (TPSA) is 27.7 Å². The van der Waals surface area contributed by atoms with Crippen LogP contribution in [0.25, 0.3) is 11.1 Å². The lowest BCUT2D eigenvalue weighted by molar-refractivity contribution is -0.203. The van der Waals surface area contributed by atoms with Gasteiger partial charge in [0, 0.05) is 23.1 Å². The first-order valence-electron chi connectivity index (χ1n) is 9.99. The summed E-state index contributed by atoms with van der Waals surface area (Å²) in [5, 5.41) is 0. The molecule has 1 aliphatic rings. The Morgan fingerprint density at radius 1 is 0.818 bits per heavy atom. The van der Waals surface area contributed by atoms with Crippen LogP contribution in [0.15, 0.2) is 54.6 Å². The minimum Gasteiger partial charge on any atom is -0.429 e. The molecule has 0 aliphatic carbocycles. The van der Waals surface area contributed by atoms with Gasteiger partial charge in [-0.05, 0) is 29.8 Å². The summed E-state index contributed by atoms with van der Waals surface area (Å²) >= 11 is 0. The number of benzene rings is 3. The first-order valence-corrected chi connectivity index (χ1v) is 9.99. The highest BCUT2D eigenvalue weighted by molar-refractivity contribution is 5.65. The number of alkyl halides is 2. The molecule has 0 radical (unpaired) electrons. The van der Waals surface area contributed by atoms with Gasteiger partial charge < -0.3 is 14.2 Å². The zero-order valence-electron chi connectivity index (χ0n) is 17.3. The van der Waals surface area contributed by atoms with Crippen molar-refractivity contribution in [1.82, 2.24) is 0 Å². The van der Waals surface area contributed by atoms with Gasteiger partial charge in [-0.2, -0.15) is 8.78 Å². The molecule has 1 fully saturated rings. The highest BCUT2D eigenvalue weighted by atomic mass is 19.3. The molecule has 0 bridgehead atoms. The zero-order chi connectivity index (χ0) is 23.8. The fourth-order valence-electron chi connectivity index (χ4n) is 3.34. The van der Waals surface area contributed by atoms with Crippen molar-refractivity contribution >= 4 is 0 Å². The average Bonchev–Trinajstić information content (AvgIpc) is 2.79. The molecule has 0 spiro atoms. The Kier molecular flexibility index (Phi) is 6.36. The molecule has 174 valence electrons. The van der Waals surface area contributed by atoms with E-state index in [2.05, 4.69) is 4.74 Å². The van der Waals surface area contributed by atoms with Crippen molar-refractivity contribution in [2.45, 2.75) is 19.3 Å². The van der Waals surface area contributed by atoms with Gasteiger partial charge in [0.05, 0.1) is 18.8 Å². The van der Waals surface area contributed by atoms with Crippen LogP contribution in [0.3, 0.4) is 0 Å². The standard InChI is InChI=1S/C24H18F6O3/c1-13-11-31-23(32-12-13)18-8-7-17(21(27)22(18)28)14-2-4-15(5-3-14)24(29,30)33-16-6-9-19(25)20(26)10-16/h2-10,13,23H,11-12H2,1H3. The molecule has 3 aromatic rings. The Balaban J connectivity index is 1.55. The maximum atomic E-state index is 14.7. The summed E-state index contributed by atoms with van der Waals surface area (Å²) in [7, 11) is 0. The van der Waals surface area contributed by atoms with Gasteiger partial charge in [-0.3, -0.25) is 0 Å². The van der Waals surface area contributed by atoms with E-state index in [4.69, 9.17) is 9.47 Å². The van der Waals surface area contributed by atoms with Crippen molar-refractivity contribution in [1.29, 1.82) is 0 Å². The first kappa shape index (κ1) is 23.1. The molecule has 33 heavy (non-hydrogen) atoms. The predicted molar refractivity (Wildman–Crippen MR) is 106 cm³/mol. The van der Waals surface area contributed by atoms with Crippen LogP contribution in [0.1, 0.15) is 24.3 Å². The van der Waals surface area contributed by atoms with Gasteiger partial charge in [0.2, 0.25) is 0 Å². The molecule has 0 atom stereocenters. The van der Waals surface area contributed by atoms with Crippen LogP contribution < -0.4 is 4.74 Å². The lowest BCUT2D eigenvalue weighted by atomic mass is 10.0. The molecule has 0 aromatic heterocycles. The Labute approximate surface area is 185 Å². The Hall–Kier alpha value is -3.04. The van der Waals surface area contributed by atoms with E-state index < -0.39 is 47.0 Å². The van der Waals surface area contributed by atoms with Crippen LogP contribution in [0.5, 0.6) is 5.75 Å². The van der Waals surface area contributed by atoms with Gasteiger partial charge in [-0.25, -0.2) is 17.6 Å². The van der Waals surface area contributed by atoms with E-state index in [0.717, 1.165) is 18.2 Å². The van der Waals surface area contributed by atoms with Gasteiger partial charge in [0.25, 0.3) is 0 Å². The second-order valence-electron chi connectivity index (χ2n) is 7.71. The molecule has 1 heterocycles. The molecule has 0 unspecified atom stereocenters. The van der Waals surface area contributed by atoms with E-state index in [1.807, 2.05) is 6.92 Å². The quantitative estimate of drug-likeness (QED) is 0.389. The average molecular weight is 468 g/mol. The molecule has 1 aliphatic heterocycles. The summed E-state index contributed by atoms with van der Waals surface area (Å²) in [5.41, 5.74) is -0.709. The molecule has 0 saturated carbocycles. The van der Waals surface area contributed by atoms with Crippen LogP contribution >= 0.6 is 0 Å². The summed E-state index contributed by atoms with van der Waals surface area (Å²) in [4.78, 5) is 0. The lowest BCUT2D eigenvalue weighted by Crippen LogP contribution is -2.25. The van der Waals surface area contributed by atoms with E-state index in [9.17, 15) is 26.3 Å². The van der Waals surface area contributed by atoms with Crippen molar-refractivity contribution in [2.24, 2.45) is 5.92 Å². The molecule has 1 saturated heterocycles. The molecule has 3 aromatic carbocycles. The molecule has 0 amide bonds. The fourth-order valence-corrected chi connectivity index (χ4v) is 3.34. The van der Waals surface area contributed by atoms with Gasteiger partial charge in [-0.15, -0.1) is 0 Å². The van der Waals surface area contributed by atoms with Gasteiger partial charge >= 0.3 is 6.11 Å². The summed E-state index contributed by atoms with van der Waals surface area (Å²) in [6.45, 7) is 2.58. The zero-order valence-corrected chi connectivity index (χ0v) is 17.3. The van der Waals surface area contributed by atoms with Crippen molar-refractivity contribution < 1.29 is 40.6 Å². The maximum Gasteiger partial charge on any atom is 0.426 e. The van der Waals surface area contributed by atoms with Crippen molar-refractivity contribution in [2.75, 3.05) is 13.2 Å². The Morgan fingerprint density at radius 2 is 1.48 bits per heavy atom. The Morgan fingerprint density at radius 3 is 2.12 bits per heavy atom. The normalized spacial score (nSPS) is 18.9. The van der Waals surface area contributed by atoms with E-state index in [1.54, 1.807) is 0 Å². The third-order valence-corrected chi connectivity index (χ3v) is 5.10. The van der Waals surface area contributed by atoms with Crippen LogP contribution in [0.4, 0.5) is 26.3 Å². The number of hydrogen-bond acceptors (Lipinski definition) is 3. The SMILES string of the molecule is CC1COC(c2ccc(-c3ccc(C(F)(F)Oc4ccc(F)c(F)c4)cc3)c(F)c2F)OC1. The number of rotatable bonds is 5. The molecule has 4 rings (SSSR count). The van der Waals surface area contributed by atoms with Crippen molar-refractivity contribution in [3.8, 4) is 16.9 Å². The predicted octanol–water partition coefficient (Wildman–Crippen LogP) is 6.72. The fraction of sp³-hybridized carbons (Fsp3) is 0.250. The highest BCUT2D eigenvalue weighted by Crippen LogP contribution is 2.36. The highest BCUT2D eigenvalue weighted by Gasteiger charge is 2.35. The molecule has 0 N–H and O–H groups in total. The van der Waals surface area contributed by atoms with Crippen LogP contribution in [0.2, 0.25) is 0 Å². The summed E-state index contributed by atoms with van der Waals surface area (Å²) < 4.78 is 99.8. The lowest BCUT2D eigenvalue weighted by Gasteiger charge is -2.28. The second kappa shape index (κ2) is 9.07. The third kappa shape index (κ3) is 4.84. The van der Waals surface area contributed by atoms with E-state index in [1.165, 1.54) is 24.3 Å². The van der Waals surface area contributed by atoms with Crippen molar-refractivity contribution in [3.05, 3.63) is 89.0 Å². The summed E-state index contributed by atoms with van der Waals surface area (Å²) in [6, 6.07) is 8.93. The molecule has 9 heteroatoms. The van der Waals surface area contributed by atoms with E-state index in [0.29, 0.717) is 25.3 Å². The summed E-state index contributed by atoms with van der Waals surface area (Å²) in [6.07, 6.45) is -4.91. The monoisotopic (exact) mass is 468 g/mol. The smallest absolute Gasteiger partial charge is 0.426 e. The van der Waals surface area contributed by atoms with Crippen molar-refractivity contribution in [3.63, 3.8) is 0 Å². The van der Waals surface area contributed by atoms with E-state index in [-0.39, 0.29) is 22.6 Å². The van der Waals surface area contributed by atoms with Crippen LogP contribution in [-0.2, 0) is 15.6 Å². The largest absolute Gasteiger partial charge is 0.429 e. The Bertz CT molecular complexity index is 1140. The van der Waals surface area contributed by atoms with Crippen LogP contribution in [0, 0.1) is 29.2 Å². The van der Waals surface area contributed by atoms with Crippen LogP contribution in [-0.4, -0.2) is 13.2 Å². The number of ether oxygens (including phenoxy) is 3. The summed E-state index contributed by atoms with van der Waals surface area (Å²) in [5.74, 6) is -5.30. The van der Waals surface area contributed by atoms with E-state index >= 15 is 0 Å². The van der Waals surface area contributed by atoms with Gasteiger partial charge in [0.1, 0.15) is 5.75 Å². The second-order valence-corrected chi connectivity index (χ2v) is 7.71. The first-order chi connectivity index (χ1) is 15.7. The molecular weight excluding hydrogens is 450 g/mol. The number of hydrogen-bond donors (Lipinski definition) is 0. The minimum absolute atomic E-state index is 0.0915. The minimum atomic E-state index is -3.89. The molecular formula is C24H18F6O3. The number of halogens is 6. The molecule has 3 nitrogen and oxygen atoms in total. The van der Waals surface area contributed by atoms with Gasteiger partial charge in [-0.1, -0.05) is 31.2 Å². The third-order valence-electron chi connectivity index (χ3n) is 5.10. The van der Waals surface area contributed by atoms with Gasteiger partial charge in [0.15, 0.2) is 29.6 Å². The maximum absolute atomic E-state index is 14.7.